The first-order valence-corrected chi connectivity index (χ1v) is 7.95. The van der Waals surface area contributed by atoms with Gasteiger partial charge in [-0.15, -0.1) is 0 Å². The van der Waals surface area contributed by atoms with Crippen LogP contribution in [0.25, 0.3) is 0 Å². The van der Waals surface area contributed by atoms with Crippen LogP contribution in [0.3, 0.4) is 0 Å². The number of rotatable bonds is 3. The molecule has 1 saturated carbocycles. The summed E-state index contributed by atoms with van der Waals surface area (Å²) in [6.45, 7) is 0. The van der Waals surface area contributed by atoms with Crippen molar-refractivity contribution in [2.24, 2.45) is 0 Å². The van der Waals surface area contributed by atoms with Crippen molar-refractivity contribution >= 4 is 23.0 Å². The third-order valence-corrected chi connectivity index (χ3v) is 4.43. The minimum Gasteiger partial charge on any atom is -0.353 e. The lowest BCUT2D eigenvalue weighted by atomic mass is 9.89. The van der Waals surface area contributed by atoms with Crippen LogP contribution in [-0.4, -0.2) is 10.1 Å². The third-order valence-electron chi connectivity index (χ3n) is 4.23. The van der Waals surface area contributed by atoms with E-state index in [1.165, 1.54) is 18.2 Å². The van der Waals surface area contributed by atoms with Crippen molar-refractivity contribution in [1.82, 2.24) is 10.3 Å². The molecule has 0 saturated heterocycles. The van der Waals surface area contributed by atoms with Crippen molar-refractivity contribution in [3.63, 3.8) is 0 Å². The molecular formula is C17H17F2N3S. The Labute approximate surface area is 139 Å². The van der Waals surface area contributed by atoms with Gasteiger partial charge in [0.05, 0.1) is 5.54 Å². The normalized spacial score (nSPS) is 16.1. The number of anilines is 1. The van der Waals surface area contributed by atoms with Crippen LogP contribution in [0.2, 0.25) is 0 Å². The Morgan fingerprint density at radius 2 is 1.78 bits per heavy atom. The highest BCUT2D eigenvalue weighted by molar-refractivity contribution is 7.80. The SMILES string of the molecule is Fc1cccc(F)c1NC(=S)NC1(c2cccnc2)CCCC1. The van der Waals surface area contributed by atoms with Gasteiger partial charge in [-0.2, -0.15) is 0 Å². The van der Waals surface area contributed by atoms with E-state index in [0.29, 0.717) is 0 Å². The van der Waals surface area contributed by atoms with Crippen molar-refractivity contribution in [3.8, 4) is 0 Å². The predicted octanol–water partition coefficient (Wildman–Crippen LogP) is 4.12. The Balaban J connectivity index is 1.80. The fourth-order valence-corrected chi connectivity index (χ4v) is 3.39. The molecule has 6 heteroatoms. The van der Waals surface area contributed by atoms with Gasteiger partial charge in [0.15, 0.2) is 5.11 Å². The van der Waals surface area contributed by atoms with Gasteiger partial charge in [-0.1, -0.05) is 25.0 Å². The summed E-state index contributed by atoms with van der Waals surface area (Å²) in [7, 11) is 0. The number of thiocarbonyl (C=S) groups is 1. The number of pyridine rings is 1. The predicted molar refractivity (Wildman–Crippen MR) is 90.1 cm³/mol. The molecule has 3 nitrogen and oxygen atoms in total. The zero-order valence-corrected chi connectivity index (χ0v) is 13.3. The Morgan fingerprint density at radius 3 is 2.39 bits per heavy atom. The highest BCUT2D eigenvalue weighted by Gasteiger charge is 2.36. The largest absolute Gasteiger partial charge is 0.353 e. The van der Waals surface area contributed by atoms with Gasteiger partial charge in [0.2, 0.25) is 0 Å². The Kier molecular flexibility index (Phi) is 4.52. The van der Waals surface area contributed by atoms with Crippen molar-refractivity contribution in [3.05, 3.63) is 59.9 Å². The van der Waals surface area contributed by atoms with Crippen LogP contribution >= 0.6 is 12.2 Å². The first-order valence-electron chi connectivity index (χ1n) is 7.54. The first-order chi connectivity index (χ1) is 11.1. The van der Waals surface area contributed by atoms with Crippen LogP contribution < -0.4 is 10.6 Å². The fourth-order valence-electron chi connectivity index (χ4n) is 3.09. The summed E-state index contributed by atoms with van der Waals surface area (Å²) in [6.07, 6.45) is 7.47. The van der Waals surface area contributed by atoms with E-state index in [1.54, 1.807) is 6.20 Å². The van der Waals surface area contributed by atoms with Crippen LogP contribution in [0.4, 0.5) is 14.5 Å². The highest BCUT2D eigenvalue weighted by atomic mass is 32.1. The monoisotopic (exact) mass is 333 g/mol. The number of nitrogens with one attached hydrogen (secondary N) is 2. The van der Waals surface area contributed by atoms with E-state index in [4.69, 9.17) is 12.2 Å². The zero-order valence-electron chi connectivity index (χ0n) is 12.5. The lowest BCUT2D eigenvalue weighted by molar-refractivity contribution is 0.407. The smallest absolute Gasteiger partial charge is 0.171 e. The van der Waals surface area contributed by atoms with Gasteiger partial charge < -0.3 is 10.6 Å². The molecule has 1 heterocycles. The summed E-state index contributed by atoms with van der Waals surface area (Å²) in [6, 6.07) is 7.59. The molecule has 120 valence electrons. The Bertz CT molecular complexity index is 680. The number of halogens is 2. The number of para-hydroxylation sites is 1. The van der Waals surface area contributed by atoms with Gasteiger partial charge in [0, 0.05) is 12.4 Å². The molecule has 0 unspecified atom stereocenters. The molecule has 0 radical (unpaired) electrons. The van der Waals surface area contributed by atoms with Crippen LogP contribution in [0.5, 0.6) is 0 Å². The highest BCUT2D eigenvalue weighted by Crippen LogP contribution is 2.38. The van der Waals surface area contributed by atoms with E-state index >= 15 is 0 Å². The molecule has 23 heavy (non-hydrogen) atoms. The van der Waals surface area contributed by atoms with E-state index in [0.717, 1.165) is 31.2 Å². The van der Waals surface area contributed by atoms with Crippen molar-refractivity contribution in [1.29, 1.82) is 0 Å². The Hall–Kier alpha value is -2.08. The van der Waals surface area contributed by atoms with E-state index in [-0.39, 0.29) is 16.3 Å². The van der Waals surface area contributed by atoms with Gasteiger partial charge in [-0.25, -0.2) is 8.78 Å². The lowest BCUT2D eigenvalue weighted by Crippen LogP contribution is -2.46. The fraction of sp³-hybridized carbons (Fsp3) is 0.294. The lowest BCUT2D eigenvalue weighted by Gasteiger charge is -2.32. The summed E-state index contributed by atoms with van der Waals surface area (Å²) < 4.78 is 27.5. The van der Waals surface area contributed by atoms with Crippen molar-refractivity contribution in [2.45, 2.75) is 31.2 Å². The molecule has 2 aromatic rings. The van der Waals surface area contributed by atoms with Gasteiger partial charge in [-0.3, -0.25) is 4.98 Å². The molecule has 0 bridgehead atoms. The van der Waals surface area contributed by atoms with Crippen LogP contribution in [0.1, 0.15) is 31.2 Å². The molecule has 1 aliphatic carbocycles. The van der Waals surface area contributed by atoms with E-state index in [2.05, 4.69) is 15.6 Å². The third kappa shape index (κ3) is 3.32. The number of hydrogen-bond acceptors (Lipinski definition) is 2. The molecule has 0 aliphatic heterocycles. The maximum Gasteiger partial charge on any atom is 0.171 e. The Morgan fingerprint density at radius 1 is 1.09 bits per heavy atom. The summed E-state index contributed by atoms with van der Waals surface area (Å²) in [5, 5.41) is 6.12. The van der Waals surface area contributed by atoms with Crippen LogP contribution in [-0.2, 0) is 5.54 Å². The van der Waals surface area contributed by atoms with Gasteiger partial charge >= 0.3 is 0 Å². The standard InChI is InChI=1S/C17H17F2N3S/c18-13-6-3-7-14(19)15(13)21-16(23)22-17(8-1-2-9-17)12-5-4-10-20-11-12/h3-7,10-11H,1-2,8-9H2,(H2,21,22,23). The maximum absolute atomic E-state index is 13.7. The molecular weight excluding hydrogens is 316 g/mol. The second-order valence-electron chi connectivity index (χ2n) is 5.71. The summed E-state index contributed by atoms with van der Waals surface area (Å²) in [4.78, 5) is 4.17. The molecule has 0 amide bonds. The first kappa shape index (κ1) is 15.8. The second kappa shape index (κ2) is 6.58. The minimum absolute atomic E-state index is 0.208. The topological polar surface area (TPSA) is 37.0 Å². The van der Waals surface area contributed by atoms with Gasteiger partial charge in [0.25, 0.3) is 0 Å². The summed E-state index contributed by atoms with van der Waals surface area (Å²) in [5.74, 6) is -1.34. The quantitative estimate of drug-likeness (QED) is 0.829. The van der Waals surface area contributed by atoms with Crippen molar-refractivity contribution in [2.75, 3.05) is 5.32 Å². The number of benzene rings is 1. The van der Waals surface area contributed by atoms with E-state index in [1.807, 2.05) is 18.3 Å². The molecule has 2 N–H and O–H groups in total. The zero-order chi connectivity index (χ0) is 16.3. The number of hydrogen-bond donors (Lipinski definition) is 2. The molecule has 1 fully saturated rings. The van der Waals surface area contributed by atoms with Gasteiger partial charge in [-0.05, 0) is 48.8 Å². The average molecular weight is 333 g/mol. The van der Waals surface area contributed by atoms with E-state index in [9.17, 15) is 8.78 Å². The van der Waals surface area contributed by atoms with Crippen LogP contribution in [0, 0.1) is 11.6 Å². The number of nitrogens with zero attached hydrogens (tertiary/aromatic N) is 1. The molecule has 0 atom stereocenters. The summed E-state index contributed by atoms with van der Waals surface area (Å²) >= 11 is 5.29. The molecule has 3 rings (SSSR count). The molecule has 0 spiro atoms. The molecule has 1 aromatic carbocycles. The number of aromatic nitrogens is 1. The van der Waals surface area contributed by atoms with Gasteiger partial charge in [0.1, 0.15) is 17.3 Å². The summed E-state index contributed by atoms with van der Waals surface area (Å²) in [5.41, 5.74) is 0.472. The maximum atomic E-state index is 13.7. The van der Waals surface area contributed by atoms with E-state index < -0.39 is 11.6 Å². The van der Waals surface area contributed by atoms with Crippen LogP contribution in [0.15, 0.2) is 42.7 Å². The van der Waals surface area contributed by atoms with Crippen molar-refractivity contribution < 1.29 is 8.78 Å². The molecule has 1 aliphatic rings. The minimum atomic E-state index is -0.670. The second-order valence-corrected chi connectivity index (χ2v) is 6.11. The average Bonchev–Trinajstić information content (AvgIpc) is 3.02. The molecule has 1 aromatic heterocycles.